The monoisotopic (exact) mass is 346 g/mol. The molecule has 1 unspecified atom stereocenters. The predicted molar refractivity (Wildman–Crippen MR) is 90.7 cm³/mol. The SMILES string of the molecule is CC1C(=O)N(c2ccc(F)cc2)CCN1C(=O)c1ccccc1Cl. The summed E-state index contributed by atoms with van der Waals surface area (Å²) in [6, 6.07) is 11.9. The zero-order chi connectivity index (χ0) is 17.3. The van der Waals surface area contributed by atoms with Crippen LogP contribution in [0.4, 0.5) is 10.1 Å². The van der Waals surface area contributed by atoms with E-state index in [0.29, 0.717) is 29.4 Å². The van der Waals surface area contributed by atoms with Crippen LogP contribution in [-0.2, 0) is 4.79 Å². The number of benzene rings is 2. The molecule has 6 heteroatoms. The van der Waals surface area contributed by atoms with Crippen molar-refractivity contribution >= 4 is 29.1 Å². The number of piperazine rings is 1. The van der Waals surface area contributed by atoms with Gasteiger partial charge in [0.2, 0.25) is 5.91 Å². The molecule has 1 atom stereocenters. The minimum absolute atomic E-state index is 0.201. The first-order chi connectivity index (χ1) is 11.5. The number of anilines is 1. The molecule has 2 aromatic rings. The van der Waals surface area contributed by atoms with E-state index in [9.17, 15) is 14.0 Å². The third-order valence-corrected chi connectivity index (χ3v) is 4.49. The molecule has 124 valence electrons. The van der Waals surface area contributed by atoms with E-state index in [-0.39, 0.29) is 17.6 Å². The van der Waals surface area contributed by atoms with Crippen molar-refractivity contribution in [1.82, 2.24) is 4.90 Å². The number of halogens is 2. The van der Waals surface area contributed by atoms with Gasteiger partial charge in [-0.1, -0.05) is 23.7 Å². The van der Waals surface area contributed by atoms with Crippen LogP contribution in [0.3, 0.4) is 0 Å². The molecule has 1 heterocycles. The van der Waals surface area contributed by atoms with Crippen molar-refractivity contribution in [2.75, 3.05) is 18.0 Å². The molecule has 24 heavy (non-hydrogen) atoms. The predicted octanol–water partition coefficient (Wildman–Crippen LogP) is 3.36. The van der Waals surface area contributed by atoms with Gasteiger partial charge < -0.3 is 9.80 Å². The number of hydrogen-bond acceptors (Lipinski definition) is 2. The van der Waals surface area contributed by atoms with Crippen LogP contribution in [0.15, 0.2) is 48.5 Å². The highest BCUT2D eigenvalue weighted by atomic mass is 35.5. The molecule has 0 saturated carbocycles. The largest absolute Gasteiger partial charge is 0.325 e. The normalized spacial score (nSPS) is 18.0. The molecule has 0 aromatic heterocycles. The highest BCUT2D eigenvalue weighted by Crippen LogP contribution is 2.24. The molecule has 0 aliphatic carbocycles. The molecule has 4 nitrogen and oxygen atoms in total. The van der Waals surface area contributed by atoms with Crippen LogP contribution in [0.5, 0.6) is 0 Å². The first-order valence-electron chi connectivity index (χ1n) is 7.61. The number of amides is 2. The lowest BCUT2D eigenvalue weighted by molar-refractivity contribution is -0.124. The van der Waals surface area contributed by atoms with Gasteiger partial charge in [-0.15, -0.1) is 0 Å². The zero-order valence-corrected chi connectivity index (χ0v) is 13.8. The summed E-state index contributed by atoms with van der Waals surface area (Å²) < 4.78 is 13.1. The van der Waals surface area contributed by atoms with E-state index in [2.05, 4.69) is 0 Å². The van der Waals surface area contributed by atoms with Gasteiger partial charge in [-0.25, -0.2) is 4.39 Å². The second-order valence-electron chi connectivity index (χ2n) is 5.62. The van der Waals surface area contributed by atoms with Gasteiger partial charge in [0.1, 0.15) is 11.9 Å². The zero-order valence-electron chi connectivity index (χ0n) is 13.1. The highest BCUT2D eigenvalue weighted by Gasteiger charge is 2.35. The molecule has 2 aromatic carbocycles. The van der Waals surface area contributed by atoms with Gasteiger partial charge in [0.15, 0.2) is 0 Å². The third-order valence-electron chi connectivity index (χ3n) is 4.16. The van der Waals surface area contributed by atoms with Crippen LogP contribution in [0, 0.1) is 5.82 Å². The second-order valence-corrected chi connectivity index (χ2v) is 6.03. The van der Waals surface area contributed by atoms with Crippen LogP contribution in [-0.4, -0.2) is 35.8 Å². The Morgan fingerprint density at radius 1 is 1.12 bits per heavy atom. The third kappa shape index (κ3) is 2.99. The van der Waals surface area contributed by atoms with E-state index >= 15 is 0 Å². The molecule has 1 fully saturated rings. The Morgan fingerprint density at radius 3 is 2.46 bits per heavy atom. The number of rotatable bonds is 2. The minimum Gasteiger partial charge on any atom is -0.325 e. The smallest absolute Gasteiger partial charge is 0.256 e. The van der Waals surface area contributed by atoms with Crippen molar-refractivity contribution in [3.05, 3.63) is 64.9 Å². The lowest BCUT2D eigenvalue weighted by atomic mass is 10.1. The summed E-state index contributed by atoms with van der Waals surface area (Å²) in [6.45, 7) is 2.42. The molecule has 3 rings (SSSR count). The summed E-state index contributed by atoms with van der Waals surface area (Å²) in [7, 11) is 0. The van der Waals surface area contributed by atoms with Crippen molar-refractivity contribution in [2.45, 2.75) is 13.0 Å². The van der Waals surface area contributed by atoms with Crippen LogP contribution in [0.2, 0.25) is 5.02 Å². The summed E-state index contributed by atoms with van der Waals surface area (Å²) in [4.78, 5) is 28.4. The molecule has 0 N–H and O–H groups in total. The fraction of sp³-hybridized carbons (Fsp3) is 0.222. The van der Waals surface area contributed by atoms with Gasteiger partial charge in [-0.05, 0) is 43.3 Å². The standard InChI is InChI=1S/C18H16ClFN2O2/c1-12-17(23)22(14-8-6-13(20)7-9-14)11-10-21(12)18(24)15-4-2-3-5-16(15)19/h2-9,12H,10-11H2,1H3. The van der Waals surface area contributed by atoms with E-state index in [4.69, 9.17) is 11.6 Å². The molecule has 1 saturated heterocycles. The molecule has 1 aliphatic rings. The van der Waals surface area contributed by atoms with Crippen LogP contribution < -0.4 is 4.90 Å². The summed E-state index contributed by atoms with van der Waals surface area (Å²) in [6.07, 6.45) is 0. The fourth-order valence-corrected chi connectivity index (χ4v) is 3.03. The summed E-state index contributed by atoms with van der Waals surface area (Å²) in [5.74, 6) is -0.819. The Balaban J connectivity index is 1.81. The first-order valence-corrected chi connectivity index (χ1v) is 7.99. The van der Waals surface area contributed by atoms with Gasteiger partial charge in [0.05, 0.1) is 10.6 Å². The van der Waals surface area contributed by atoms with E-state index in [0.717, 1.165) is 0 Å². The Kier molecular flexibility index (Phi) is 4.53. The Bertz CT molecular complexity index is 779. The van der Waals surface area contributed by atoms with E-state index in [1.165, 1.54) is 17.0 Å². The minimum atomic E-state index is -0.618. The van der Waals surface area contributed by atoms with E-state index < -0.39 is 6.04 Å². The summed E-state index contributed by atoms with van der Waals surface area (Å²) in [5, 5.41) is 0.364. The maximum atomic E-state index is 13.1. The number of carbonyl (C=O) groups is 2. The molecule has 0 spiro atoms. The second kappa shape index (κ2) is 6.61. The molecule has 2 amide bonds. The van der Waals surface area contributed by atoms with Gasteiger partial charge in [-0.3, -0.25) is 9.59 Å². The van der Waals surface area contributed by atoms with Gasteiger partial charge in [0.25, 0.3) is 5.91 Å². The maximum absolute atomic E-state index is 13.1. The maximum Gasteiger partial charge on any atom is 0.256 e. The van der Waals surface area contributed by atoms with E-state index in [1.54, 1.807) is 48.2 Å². The fourth-order valence-electron chi connectivity index (χ4n) is 2.81. The molecule has 0 bridgehead atoms. The summed E-state index contributed by atoms with van der Waals surface area (Å²) in [5.41, 5.74) is 1.01. The highest BCUT2D eigenvalue weighted by molar-refractivity contribution is 6.33. The lowest BCUT2D eigenvalue weighted by Crippen LogP contribution is -2.57. The average molecular weight is 347 g/mol. The Labute approximate surface area is 144 Å². The summed E-state index contributed by atoms with van der Waals surface area (Å²) >= 11 is 6.08. The quantitative estimate of drug-likeness (QED) is 0.836. The first kappa shape index (κ1) is 16.5. The number of hydrogen-bond donors (Lipinski definition) is 0. The topological polar surface area (TPSA) is 40.6 Å². The average Bonchev–Trinajstić information content (AvgIpc) is 2.58. The van der Waals surface area contributed by atoms with Crippen LogP contribution in [0.25, 0.3) is 0 Å². The van der Waals surface area contributed by atoms with Crippen molar-refractivity contribution in [1.29, 1.82) is 0 Å². The Morgan fingerprint density at radius 2 is 1.79 bits per heavy atom. The van der Waals surface area contributed by atoms with Gasteiger partial charge in [-0.2, -0.15) is 0 Å². The van der Waals surface area contributed by atoms with Gasteiger partial charge in [0, 0.05) is 18.8 Å². The van der Waals surface area contributed by atoms with Crippen molar-refractivity contribution < 1.29 is 14.0 Å². The molecule has 1 aliphatic heterocycles. The molecular weight excluding hydrogens is 331 g/mol. The van der Waals surface area contributed by atoms with Crippen molar-refractivity contribution in [3.8, 4) is 0 Å². The van der Waals surface area contributed by atoms with Gasteiger partial charge >= 0.3 is 0 Å². The Hall–Kier alpha value is -2.40. The number of carbonyl (C=O) groups excluding carboxylic acids is 2. The molecular formula is C18H16ClFN2O2. The van der Waals surface area contributed by atoms with Crippen molar-refractivity contribution in [3.63, 3.8) is 0 Å². The van der Waals surface area contributed by atoms with E-state index in [1.807, 2.05) is 0 Å². The molecule has 0 radical (unpaired) electrons. The van der Waals surface area contributed by atoms with Crippen LogP contribution >= 0.6 is 11.6 Å². The number of nitrogens with zero attached hydrogens (tertiary/aromatic N) is 2. The van der Waals surface area contributed by atoms with Crippen molar-refractivity contribution in [2.24, 2.45) is 0 Å². The van der Waals surface area contributed by atoms with Crippen LogP contribution in [0.1, 0.15) is 17.3 Å². The lowest BCUT2D eigenvalue weighted by Gasteiger charge is -2.39.